The molecule has 2 aromatic rings. The van der Waals surface area contributed by atoms with Crippen LogP contribution < -0.4 is 5.32 Å². The van der Waals surface area contributed by atoms with Gasteiger partial charge in [-0.15, -0.1) is 0 Å². The molecular formula is C15H17N5O3S. The highest BCUT2D eigenvalue weighted by molar-refractivity contribution is 7.94. The lowest BCUT2D eigenvalue weighted by atomic mass is 10.1. The van der Waals surface area contributed by atoms with Crippen molar-refractivity contribution in [3.63, 3.8) is 0 Å². The molecule has 0 radical (unpaired) electrons. The van der Waals surface area contributed by atoms with E-state index in [1.165, 1.54) is 5.41 Å². The maximum Gasteiger partial charge on any atom is 0.220 e. The van der Waals surface area contributed by atoms with Gasteiger partial charge in [0, 0.05) is 48.7 Å². The Hall–Kier alpha value is -2.55. The van der Waals surface area contributed by atoms with Crippen LogP contribution in [0.5, 0.6) is 0 Å². The monoisotopic (exact) mass is 347 g/mol. The van der Waals surface area contributed by atoms with Crippen molar-refractivity contribution in [2.45, 2.75) is 12.8 Å². The summed E-state index contributed by atoms with van der Waals surface area (Å²) in [6, 6.07) is 3.67. The predicted octanol–water partition coefficient (Wildman–Crippen LogP) is 0.474. The van der Waals surface area contributed by atoms with Gasteiger partial charge in [-0.25, -0.2) is 13.4 Å². The number of hydrogen-bond donors (Lipinski definition) is 2. The molecule has 1 atom stereocenters. The third kappa shape index (κ3) is 4.25. The maximum atomic E-state index is 11.8. The molecule has 2 aromatic heterocycles. The van der Waals surface area contributed by atoms with Crippen LogP contribution in [0.25, 0.3) is 11.4 Å². The summed E-state index contributed by atoms with van der Waals surface area (Å²) in [6.45, 7) is 0.406. The molecule has 1 aliphatic heterocycles. The first-order chi connectivity index (χ1) is 11.5. The number of sulfone groups is 1. The van der Waals surface area contributed by atoms with Crippen molar-refractivity contribution >= 4 is 15.7 Å². The van der Waals surface area contributed by atoms with E-state index in [-0.39, 0.29) is 24.0 Å². The van der Waals surface area contributed by atoms with E-state index in [9.17, 15) is 13.2 Å². The van der Waals surface area contributed by atoms with Crippen LogP contribution in [0.15, 0.2) is 36.0 Å². The Labute approximate surface area is 139 Å². The van der Waals surface area contributed by atoms with Crippen molar-refractivity contribution < 1.29 is 13.2 Å². The lowest BCUT2D eigenvalue weighted by Crippen LogP contribution is -2.28. The molecule has 1 amide bonds. The number of amides is 1. The van der Waals surface area contributed by atoms with Gasteiger partial charge in [0.15, 0.2) is 15.7 Å². The summed E-state index contributed by atoms with van der Waals surface area (Å²) in [5, 5.41) is 10.9. The summed E-state index contributed by atoms with van der Waals surface area (Å²) < 4.78 is 22.6. The first kappa shape index (κ1) is 16.3. The second-order valence-electron chi connectivity index (χ2n) is 5.57. The van der Waals surface area contributed by atoms with Gasteiger partial charge in [0.1, 0.15) is 5.82 Å². The lowest BCUT2D eigenvalue weighted by molar-refractivity contribution is -0.121. The Kier molecular flexibility index (Phi) is 4.70. The van der Waals surface area contributed by atoms with Gasteiger partial charge in [-0.1, -0.05) is 6.08 Å². The minimum absolute atomic E-state index is 0.0109. The molecule has 0 unspecified atom stereocenters. The van der Waals surface area contributed by atoms with E-state index >= 15 is 0 Å². The molecule has 0 fully saturated rings. The normalized spacial score (nSPS) is 18.6. The smallest absolute Gasteiger partial charge is 0.220 e. The number of aromatic amines is 1. The van der Waals surface area contributed by atoms with E-state index in [0.29, 0.717) is 24.6 Å². The minimum Gasteiger partial charge on any atom is -0.356 e. The second kappa shape index (κ2) is 6.91. The van der Waals surface area contributed by atoms with E-state index in [1.807, 2.05) is 12.1 Å². The fourth-order valence-corrected chi connectivity index (χ4v) is 3.83. The number of rotatable bonds is 6. The van der Waals surface area contributed by atoms with Crippen molar-refractivity contribution in [2.24, 2.45) is 5.92 Å². The number of carbonyl (C=O) groups is 1. The van der Waals surface area contributed by atoms with Crippen molar-refractivity contribution in [2.75, 3.05) is 12.3 Å². The van der Waals surface area contributed by atoms with Crippen molar-refractivity contribution in [3.05, 3.63) is 41.8 Å². The summed E-state index contributed by atoms with van der Waals surface area (Å²) >= 11 is 0. The molecule has 3 heterocycles. The molecule has 0 aliphatic carbocycles. The number of pyridine rings is 1. The summed E-state index contributed by atoms with van der Waals surface area (Å²) in [7, 11) is -3.12. The van der Waals surface area contributed by atoms with Gasteiger partial charge in [0.05, 0.1) is 5.75 Å². The van der Waals surface area contributed by atoms with Crippen LogP contribution in [0.4, 0.5) is 0 Å². The summed E-state index contributed by atoms with van der Waals surface area (Å²) in [5.74, 6) is 0.825. The highest BCUT2D eigenvalue weighted by atomic mass is 32.2. The zero-order valence-electron chi connectivity index (χ0n) is 12.8. The number of allylic oxidation sites excluding steroid dienone is 1. The SMILES string of the molecule is O=C(C[C@@H]1C=CS(=O)(=O)C1)NCCc1nc(-c2cccnc2)n[nH]1. The van der Waals surface area contributed by atoms with Crippen LogP contribution in [0.3, 0.4) is 0 Å². The fourth-order valence-electron chi connectivity index (χ4n) is 2.43. The van der Waals surface area contributed by atoms with E-state index < -0.39 is 9.84 Å². The van der Waals surface area contributed by atoms with Crippen molar-refractivity contribution in [3.8, 4) is 11.4 Å². The third-order valence-corrected chi connectivity index (χ3v) is 5.05. The van der Waals surface area contributed by atoms with E-state index in [1.54, 1.807) is 18.5 Å². The molecule has 0 bridgehead atoms. The summed E-state index contributed by atoms with van der Waals surface area (Å²) in [5.41, 5.74) is 0.818. The molecule has 0 spiro atoms. The van der Waals surface area contributed by atoms with Crippen LogP contribution in [-0.2, 0) is 21.1 Å². The standard InChI is InChI=1S/C15H17N5O3S/c21-14(8-11-4-7-24(22,23)10-11)17-6-3-13-18-15(20-19-13)12-2-1-5-16-9-12/h1-2,4-5,7,9,11H,3,6,8,10H2,(H,17,21)(H,18,19,20)/t11-/m0/s1. The van der Waals surface area contributed by atoms with E-state index in [2.05, 4.69) is 25.5 Å². The van der Waals surface area contributed by atoms with Gasteiger partial charge in [-0.2, -0.15) is 5.10 Å². The molecule has 9 heteroatoms. The van der Waals surface area contributed by atoms with Crippen LogP contribution in [0.2, 0.25) is 0 Å². The van der Waals surface area contributed by atoms with Crippen LogP contribution in [0.1, 0.15) is 12.2 Å². The first-order valence-electron chi connectivity index (χ1n) is 7.51. The molecule has 126 valence electrons. The number of aromatic nitrogens is 4. The van der Waals surface area contributed by atoms with Gasteiger partial charge >= 0.3 is 0 Å². The molecule has 0 aromatic carbocycles. The van der Waals surface area contributed by atoms with Gasteiger partial charge < -0.3 is 5.32 Å². The highest BCUT2D eigenvalue weighted by Gasteiger charge is 2.23. The molecule has 2 N–H and O–H groups in total. The second-order valence-corrected chi connectivity index (χ2v) is 7.50. The Morgan fingerprint density at radius 3 is 3.00 bits per heavy atom. The summed E-state index contributed by atoms with van der Waals surface area (Å²) in [4.78, 5) is 20.2. The number of nitrogens with zero attached hydrogens (tertiary/aromatic N) is 3. The number of carbonyl (C=O) groups excluding carboxylic acids is 1. The molecule has 0 saturated carbocycles. The molecule has 8 nitrogen and oxygen atoms in total. The van der Waals surface area contributed by atoms with Crippen LogP contribution >= 0.6 is 0 Å². The zero-order chi connectivity index (χ0) is 17.0. The summed E-state index contributed by atoms with van der Waals surface area (Å²) in [6.07, 6.45) is 5.62. The Morgan fingerprint density at radius 1 is 1.42 bits per heavy atom. The maximum absolute atomic E-state index is 11.8. The molecule has 3 rings (SSSR count). The van der Waals surface area contributed by atoms with Crippen molar-refractivity contribution in [1.29, 1.82) is 0 Å². The molecule has 24 heavy (non-hydrogen) atoms. The van der Waals surface area contributed by atoms with Crippen molar-refractivity contribution in [1.82, 2.24) is 25.5 Å². The lowest BCUT2D eigenvalue weighted by Gasteiger charge is -2.07. The predicted molar refractivity (Wildman–Crippen MR) is 87.4 cm³/mol. The number of H-pyrrole nitrogens is 1. The third-order valence-electron chi connectivity index (χ3n) is 3.59. The van der Waals surface area contributed by atoms with Gasteiger partial charge in [-0.3, -0.25) is 14.9 Å². The molecule has 0 saturated heterocycles. The topological polar surface area (TPSA) is 118 Å². The largest absolute Gasteiger partial charge is 0.356 e. The Morgan fingerprint density at radius 2 is 2.29 bits per heavy atom. The van der Waals surface area contributed by atoms with Crippen LogP contribution in [-0.4, -0.2) is 46.8 Å². The fraction of sp³-hybridized carbons (Fsp3) is 0.333. The van der Waals surface area contributed by atoms with Gasteiger partial charge in [0.25, 0.3) is 0 Å². The highest BCUT2D eigenvalue weighted by Crippen LogP contribution is 2.18. The Bertz CT molecular complexity index is 845. The van der Waals surface area contributed by atoms with Gasteiger partial charge in [0.2, 0.25) is 5.91 Å². The first-order valence-corrected chi connectivity index (χ1v) is 9.23. The minimum atomic E-state index is -3.12. The van der Waals surface area contributed by atoms with Crippen LogP contribution in [0, 0.1) is 5.92 Å². The van der Waals surface area contributed by atoms with E-state index in [0.717, 1.165) is 5.56 Å². The van der Waals surface area contributed by atoms with E-state index in [4.69, 9.17) is 0 Å². The average Bonchev–Trinajstić information content (AvgIpc) is 3.15. The number of hydrogen-bond acceptors (Lipinski definition) is 6. The van der Waals surface area contributed by atoms with Gasteiger partial charge in [-0.05, 0) is 12.1 Å². The molecule has 1 aliphatic rings. The average molecular weight is 347 g/mol. The zero-order valence-corrected chi connectivity index (χ0v) is 13.7. The quantitative estimate of drug-likeness (QED) is 0.784. The molecular weight excluding hydrogens is 330 g/mol. The Balaban J connectivity index is 1.44. The number of nitrogens with one attached hydrogen (secondary N) is 2.